The van der Waals surface area contributed by atoms with Gasteiger partial charge in [-0.05, 0) is 37.0 Å². The van der Waals surface area contributed by atoms with Crippen LogP contribution in [0.4, 0.5) is 0 Å². The molecule has 0 radical (unpaired) electrons. The van der Waals surface area contributed by atoms with Crippen LogP contribution in [0.5, 0.6) is 0 Å². The van der Waals surface area contributed by atoms with E-state index >= 15 is 0 Å². The molecular formula is C15H24O3Si. The first-order valence-corrected chi connectivity index (χ1v) is 9.91. The molecule has 0 saturated carbocycles. The Kier molecular flexibility index (Phi) is 3.75. The predicted octanol–water partition coefficient (Wildman–Crippen LogP) is 4.49. The fourth-order valence-corrected chi connectivity index (χ4v) is 3.56. The molecule has 0 bridgehead atoms. The molecule has 0 N–H and O–H groups in total. The maximum atomic E-state index is 10.8. The predicted molar refractivity (Wildman–Crippen MR) is 78.1 cm³/mol. The first-order valence-electron chi connectivity index (χ1n) is 7.00. The molecule has 0 fully saturated rings. The molecule has 1 aliphatic carbocycles. The fourth-order valence-electron chi connectivity index (χ4n) is 2.25. The van der Waals surface area contributed by atoms with Gasteiger partial charge in [0.15, 0.2) is 20.4 Å². The summed E-state index contributed by atoms with van der Waals surface area (Å²) in [5.74, 6) is 1.37. The lowest BCUT2D eigenvalue weighted by molar-refractivity contribution is 0.109. The van der Waals surface area contributed by atoms with E-state index in [0.29, 0.717) is 5.76 Å². The van der Waals surface area contributed by atoms with Crippen molar-refractivity contribution >= 4 is 14.6 Å². The number of aldehydes is 1. The van der Waals surface area contributed by atoms with Crippen molar-refractivity contribution in [3.63, 3.8) is 0 Å². The van der Waals surface area contributed by atoms with Gasteiger partial charge in [-0.3, -0.25) is 4.79 Å². The maximum absolute atomic E-state index is 10.8. The smallest absolute Gasteiger partial charge is 0.192 e. The quantitative estimate of drug-likeness (QED) is 0.605. The summed E-state index contributed by atoms with van der Waals surface area (Å²) in [6.45, 7) is 11.3. The topological polar surface area (TPSA) is 39.4 Å². The van der Waals surface area contributed by atoms with E-state index in [9.17, 15) is 4.79 Å². The van der Waals surface area contributed by atoms with Gasteiger partial charge >= 0.3 is 0 Å². The lowest BCUT2D eigenvalue weighted by Gasteiger charge is -2.40. The van der Waals surface area contributed by atoms with E-state index in [1.54, 1.807) is 0 Å². The van der Waals surface area contributed by atoms with Gasteiger partial charge in [0.05, 0.1) is 6.10 Å². The summed E-state index contributed by atoms with van der Waals surface area (Å²) in [4.78, 5) is 10.8. The molecule has 1 unspecified atom stereocenters. The van der Waals surface area contributed by atoms with E-state index in [0.717, 1.165) is 36.9 Å². The molecule has 106 valence electrons. The maximum Gasteiger partial charge on any atom is 0.192 e. The molecular weight excluding hydrogens is 256 g/mol. The Balaban J connectivity index is 2.24. The molecule has 2 rings (SSSR count). The first-order chi connectivity index (χ1) is 8.74. The summed E-state index contributed by atoms with van der Waals surface area (Å²) in [6, 6.07) is 1.86. The Morgan fingerprint density at radius 2 is 2.11 bits per heavy atom. The first kappa shape index (κ1) is 14.5. The van der Waals surface area contributed by atoms with Crippen LogP contribution >= 0.6 is 0 Å². The number of hydrogen-bond donors (Lipinski definition) is 0. The minimum atomic E-state index is -1.79. The van der Waals surface area contributed by atoms with Crippen LogP contribution in [0, 0.1) is 0 Å². The average Bonchev–Trinajstić information content (AvgIpc) is 2.71. The van der Waals surface area contributed by atoms with Crippen molar-refractivity contribution in [1.29, 1.82) is 0 Å². The summed E-state index contributed by atoms with van der Waals surface area (Å²) in [6.07, 6.45) is 3.89. The zero-order chi connectivity index (χ0) is 14.3. The molecule has 1 aromatic heterocycles. The molecule has 4 heteroatoms. The van der Waals surface area contributed by atoms with E-state index in [2.05, 4.69) is 33.9 Å². The molecule has 1 heterocycles. The zero-order valence-electron chi connectivity index (χ0n) is 12.6. The second-order valence-electron chi connectivity index (χ2n) is 6.90. The van der Waals surface area contributed by atoms with Gasteiger partial charge in [0, 0.05) is 12.0 Å². The van der Waals surface area contributed by atoms with Crippen molar-refractivity contribution in [3.8, 4) is 0 Å². The van der Waals surface area contributed by atoms with Crippen molar-refractivity contribution in [2.75, 3.05) is 0 Å². The van der Waals surface area contributed by atoms with Gasteiger partial charge in [-0.1, -0.05) is 20.8 Å². The van der Waals surface area contributed by atoms with Crippen LogP contribution in [-0.4, -0.2) is 14.6 Å². The second kappa shape index (κ2) is 4.91. The fraction of sp³-hybridized carbons (Fsp3) is 0.667. The zero-order valence-corrected chi connectivity index (χ0v) is 13.6. The molecule has 1 aliphatic rings. The molecule has 0 spiro atoms. The third-order valence-electron chi connectivity index (χ3n) is 4.44. The molecule has 19 heavy (non-hydrogen) atoms. The third kappa shape index (κ3) is 2.84. The van der Waals surface area contributed by atoms with Crippen LogP contribution in [0.3, 0.4) is 0 Å². The Morgan fingerprint density at radius 3 is 2.68 bits per heavy atom. The average molecular weight is 280 g/mol. The van der Waals surface area contributed by atoms with E-state index in [1.807, 2.05) is 6.07 Å². The molecule has 1 aromatic rings. The molecule has 0 saturated heterocycles. The van der Waals surface area contributed by atoms with Gasteiger partial charge in [-0.25, -0.2) is 0 Å². The monoisotopic (exact) mass is 280 g/mol. The van der Waals surface area contributed by atoms with Gasteiger partial charge in [0.2, 0.25) is 0 Å². The highest BCUT2D eigenvalue weighted by Crippen LogP contribution is 2.43. The number of rotatable bonds is 3. The van der Waals surface area contributed by atoms with Crippen LogP contribution in [0.1, 0.15) is 61.6 Å². The molecule has 0 aliphatic heterocycles. The van der Waals surface area contributed by atoms with Crippen molar-refractivity contribution in [1.82, 2.24) is 0 Å². The summed E-state index contributed by atoms with van der Waals surface area (Å²) in [5, 5.41) is 0.196. The van der Waals surface area contributed by atoms with E-state index in [-0.39, 0.29) is 11.1 Å². The van der Waals surface area contributed by atoms with Gasteiger partial charge in [-0.2, -0.15) is 0 Å². The lowest BCUT2D eigenvalue weighted by Crippen LogP contribution is -2.42. The highest BCUT2D eigenvalue weighted by Gasteiger charge is 2.40. The van der Waals surface area contributed by atoms with Crippen LogP contribution in [0.15, 0.2) is 10.5 Å². The number of hydrogen-bond acceptors (Lipinski definition) is 3. The van der Waals surface area contributed by atoms with Crippen molar-refractivity contribution in [2.24, 2.45) is 0 Å². The summed E-state index contributed by atoms with van der Waals surface area (Å²) >= 11 is 0. The van der Waals surface area contributed by atoms with Gasteiger partial charge in [0.1, 0.15) is 5.76 Å². The molecule has 3 nitrogen and oxygen atoms in total. The second-order valence-corrected chi connectivity index (χ2v) is 11.7. The number of carbonyl (C=O) groups excluding carboxylic acids is 1. The highest BCUT2D eigenvalue weighted by atomic mass is 28.4. The van der Waals surface area contributed by atoms with Crippen molar-refractivity contribution < 1.29 is 13.6 Å². The van der Waals surface area contributed by atoms with E-state index < -0.39 is 8.32 Å². The van der Waals surface area contributed by atoms with Crippen LogP contribution in [0.2, 0.25) is 18.1 Å². The highest BCUT2D eigenvalue weighted by molar-refractivity contribution is 6.74. The summed E-state index contributed by atoms with van der Waals surface area (Å²) in [7, 11) is -1.79. The van der Waals surface area contributed by atoms with Crippen LogP contribution < -0.4 is 0 Å². The number of furan rings is 1. The standard InChI is InChI=1S/C15H24O3Si/c1-15(2,3)19(4,5)18-14-8-6-7-13-12(14)9-11(10-16)17-13/h9-10,14H,6-8H2,1-5H3. The van der Waals surface area contributed by atoms with Crippen molar-refractivity contribution in [3.05, 3.63) is 23.2 Å². The summed E-state index contributed by atoms with van der Waals surface area (Å²) in [5.41, 5.74) is 1.10. The Hall–Kier alpha value is -0.873. The molecule has 0 aromatic carbocycles. The Labute approximate surface area is 116 Å². The lowest BCUT2D eigenvalue weighted by atomic mass is 9.96. The molecule has 0 amide bonds. The largest absolute Gasteiger partial charge is 0.458 e. The number of aryl methyl sites for hydroxylation is 1. The molecule has 1 atom stereocenters. The SMILES string of the molecule is CC(C)(C)[Si](C)(C)OC1CCCc2oc(C=O)cc21. The Morgan fingerprint density at radius 1 is 1.42 bits per heavy atom. The van der Waals surface area contributed by atoms with E-state index in [4.69, 9.17) is 8.84 Å². The van der Waals surface area contributed by atoms with Gasteiger partial charge < -0.3 is 8.84 Å². The van der Waals surface area contributed by atoms with Crippen LogP contribution in [-0.2, 0) is 10.8 Å². The minimum absolute atomic E-state index is 0.0992. The normalized spacial score (nSPS) is 20.2. The summed E-state index contributed by atoms with van der Waals surface area (Å²) < 4.78 is 12.0. The third-order valence-corrected chi connectivity index (χ3v) is 8.92. The minimum Gasteiger partial charge on any atom is -0.458 e. The Bertz CT molecular complexity index is 468. The van der Waals surface area contributed by atoms with Crippen molar-refractivity contribution in [2.45, 2.75) is 64.3 Å². The van der Waals surface area contributed by atoms with Crippen LogP contribution in [0.25, 0.3) is 0 Å². The number of carbonyl (C=O) groups is 1. The van der Waals surface area contributed by atoms with E-state index in [1.165, 1.54) is 0 Å². The number of fused-ring (bicyclic) bond motifs is 1. The van der Waals surface area contributed by atoms with Gasteiger partial charge in [0.25, 0.3) is 0 Å². The van der Waals surface area contributed by atoms with Gasteiger partial charge in [-0.15, -0.1) is 0 Å².